The van der Waals surface area contributed by atoms with Crippen LogP contribution in [0.15, 0.2) is 24.5 Å². The number of hydrogen-bond acceptors (Lipinski definition) is 3. The van der Waals surface area contributed by atoms with E-state index in [2.05, 4.69) is 10.3 Å². The van der Waals surface area contributed by atoms with Gasteiger partial charge < -0.3 is 10.2 Å². The monoisotopic (exact) mass is 327 g/mol. The van der Waals surface area contributed by atoms with Crippen molar-refractivity contribution in [2.75, 3.05) is 18.4 Å². The van der Waals surface area contributed by atoms with Gasteiger partial charge in [-0.25, -0.2) is 0 Å². The van der Waals surface area contributed by atoms with Gasteiger partial charge >= 0.3 is 0 Å². The second kappa shape index (κ2) is 6.19. The van der Waals surface area contributed by atoms with E-state index in [-0.39, 0.29) is 17.2 Å². The SMILES string of the molecule is O=C(Nc1cccnc1)C1CC12CCN(C(=O)CC1CCCC1)C2. The van der Waals surface area contributed by atoms with Crippen molar-refractivity contribution >= 4 is 17.5 Å². The Morgan fingerprint density at radius 3 is 2.92 bits per heavy atom. The van der Waals surface area contributed by atoms with Crippen LogP contribution in [0.5, 0.6) is 0 Å². The fourth-order valence-electron chi connectivity index (χ4n) is 4.53. The molecule has 2 heterocycles. The topological polar surface area (TPSA) is 62.3 Å². The van der Waals surface area contributed by atoms with Gasteiger partial charge in [-0.15, -0.1) is 0 Å². The van der Waals surface area contributed by atoms with Crippen LogP contribution in [0.4, 0.5) is 5.69 Å². The van der Waals surface area contributed by atoms with Crippen LogP contribution in [0.25, 0.3) is 0 Å². The Balaban J connectivity index is 1.30. The van der Waals surface area contributed by atoms with Gasteiger partial charge in [-0.3, -0.25) is 14.6 Å². The van der Waals surface area contributed by atoms with E-state index in [0.717, 1.165) is 31.6 Å². The zero-order valence-corrected chi connectivity index (χ0v) is 14.0. The van der Waals surface area contributed by atoms with E-state index in [9.17, 15) is 9.59 Å². The molecule has 2 amide bonds. The maximum absolute atomic E-state index is 12.5. The molecule has 128 valence electrons. The van der Waals surface area contributed by atoms with E-state index in [1.54, 1.807) is 12.4 Å². The molecular weight excluding hydrogens is 302 g/mol. The Bertz CT molecular complexity index is 627. The molecule has 2 saturated carbocycles. The Morgan fingerprint density at radius 2 is 2.17 bits per heavy atom. The van der Waals surface area contributed by atoms with Gasteiger partial charge in [-0.05, 0) is 43.7 Å². The highest BCUT2D eigenvalue weighted by molar-refractivity contribution is 5.95. The molecule has 1 N–H and O–H groups in total. The third-order valence-electron chi connectivity index (χ3n) is 6.11. The summed E-state index contributed by atoms with van der Waals surface area (Å²) in [7, 11) is 0. The number of likely N-dealkylation sites (tertiary alicyclic amines) is 1. The fraction of sp³-hybridized carbons (Fsp3) is 0.632. The molecule has 0 bridgehead atoms. The summed E-state index contributed by atoms with van der Waals surface area (Å²) in [5.41, 5.74) is 0.786. The van der Waals surface area contributed by atoms with Crippen LogP contribution in [0, 0.1) is 17.3 Å². The molecule has 1 spiro atoms. The van der Waals surface area contributed by atoms with Crippen molar-refractivity contribution in [2.45, 2.75) is 44.9 Å². The summed E-state index contributed by atoms with van der Waals surface area (Å²) in [6, 6.07) is 3.67. The van der Waals surface area contributed by atoms with Crippen LogP contribution in [-0.2, 0) is 9.59 Å². The second-order valence-corrected chi connectivity index (χ2v) is 7.77. The molecule has 1 aromatic heterocycles. The quantitative estimate of drug-likeness (QED) is 0.925. The van der Waals surface area contributed by atoms with Crippen molar-refractivity contribution in [3.8, 4) is 0 Å². The van der Waals surface area contributed by atoms with Crippen molar-refractivity contribution in [3.63, 3.8) is 0 Å². The van der Waals surface area contributed by atoms with Gasteiger partial charge in [0.25, 0.3) is 0 Å². The Labute approximate surface area is 142 Å². The van der Waals surface area contributed by atoms with E-state index in [0.29, 0.717) is 18.2 Å². The van der Waals surface area contributed by atoms with E-state index in [1.165, 1.54) is 25.7 Å². The Kier molecular flexibility index (Phi) is 4.02. The van der Waals surface area contributed by atoms with E-state index >= 15 is 0 Å². The summed E-state index contributed by atoms with van der Waals surface area (Å²) < 4.78 is 0. The largest absolute Gasteiger partial charge is 0.342 e. The highest BCUT2D eigenvalue weighted by atomic mass is 16.2. The summed E-state index contributed by atoms with van der Waals surface area (Å²) in [5, 5.41) is 2.95. The molecule has 3 aliphatic rings. The number of nitrogens with zero attached hydrogens (tertiary/aromatic N) is 2. The molecule has 1 saturated heterocycles. The van der Waals surface area contributed by atoms with E-state index in [4.69, 9.17) is 0 Å². The first-order valence-electron chi connectivity index (χ1n) is 9.15. The first-order valence-corrected chi connectivity index (χ1v) is 9.15. The highest BCUT2D eigenvalue weighted by Gasteiger charge is 2.61. The molecule has 2 unspecified atom stereocenters. The number of rotatable bonds is 4. The van der Waals surface area contributed by atoms with Gasteiger partial charge in [0.05, 0.1) is 11.9 Å². The van der Waals surface area contributed by atoms with Gasteiger partial charge in [0.2, 0.25) is 11.8 Å². The molecule has 2 aliphatic carbocycles. The third-order valence-corrected chi connectivity index (χ3v) is 6.11. The molecule has 1 aliphatic heterocycles. The van der Waals surface area contributed by atoms with E-state index < -0.39 is 0 Å². The summed E-state index contributed by atoms with van der Waals surface area (Å²) >= 11 is 0. The van der Waals surface area contributed by atoms with Crippen LogP contribution in [0.2, 0.25) is 0 Å². The molecule has 1 aromatic rings. The third kappa shape index (κ3) is 3.04. The van der Waals surface area contributed by atoms with Gasteiger partial charge in [0.1, 0.15) is 0 Å². The normalized spacial score (nSPS) is 29.2. The zero-order valence-electron chi connectivity index (χ0n) is 14.0. The van der Waals surface area contributed by atoms with Crippen molar-refractivity contribution < 1.29 is 9.59 Å². The predicted molar refractivity (Wildman–Crippen MR) is 91.2 cm³/mol. The first-order chi connectivity index (χ1) is 11.7. The number of hydrogen-bond donors (Lipinski definition) is 1. The zero-order chi connectivity index (χ0) is 16.6. The van der Waals surface area contributed by atoms with Gasteiger partial charge in [0, 0.05) is 37.0 Å². The predicted octanol–water partition coefficient (Wildman–Crippen LogP) is 2.84. The molecule has 24 heavy (non-hydrogen) atoms. The number of pyridine rings is 1. The molecule has 0 aromatic carbocycles. The minimum Gasteiger partial charge on any atom is -0.342 e. The number of nitrogens with one attached hydrogen (secondary N) is 1. The summed E-state index contributed by atoms with van der Waals surface area (Å²) in [6.45, 7) is 1.59. The lowest BCUT2D eigenvalue weighted by molar-refractivity contribution is -0.131. The molecule has 5 heteroatoms. The van der Waals surface area contributed by atoms with E-state index in [1.807, 2.05) is 17.0 Å². The highest BCUT2D eigenvalue weighted by Crippen LogP contribution is 2.58. The van der Waals surface area contributed by atoms with Crippen molar-refractivity contribution in [1.82, 2.24) is 9.88 Å². The van der Waals surface area contributed by atoms with Crippen LogP contribution in [-0.4, -0.2) is 34.8 Å². The number of carbonyl (C=O) groups excluding carboxylic acids is 2. The van der Waals surface area contributed by atoms with Gasteiger partial charge in [-0.1, -0.05) is 12.8 Å². The van der Waals surface area contributed by atoms with Crippen LogP contribution < -0.4 is 5.32 Å². The number of carbonyl (C=O) groups is 2. The number of aromatic nitrogens is 1. The van der Waals surface area contributed by atoms with Crippen molar-refractivity contribution in [3.05, 3.63) is 24.5 Å². The summed E-state index contributed by atoms with van der Waals surface area (Å²) in [6.07, 6.45) is 10.9. The minimum atomic E-state index is 0.0393. The average molecular weight is 327 g/mol. The Morgan fingerprint density at radius 1 is 1.33 bits per heavy atom. The maximum atomic E-state index is 12.5. The van der Waals surface area contributed by atoms with Crippen LogP contribution in [0.1, 0.15) is 44.9 Å². The lowest BCUT2D eigenvalue weighted by Crippen LogP contribution is -2.31. The molecule has 2 atom stereocenters. The van der Waals surface area contributed by atoms with Crippen LogP contribution >= 0.6 is 0 Å². The molecule has 5 nitrogen and oxygen atoms in total. The average Bonchev–Trinajstić information content (AvgIpc) is 2.90. The standard InChI is InChI=1S/C19H25N3O2/c23-17(10-14-4-1-2-5-14)22-9-7-19(13-22)11-16(19)18(24)21-15-6-3-8-20-12-15/h3,6,8,12,14,16H,1-2,4-5,7,9-11,13H2,(H,21,24). The lowest BCUT2D eigenvalue weighted by Gasteiger charge is -2.19. The number of anilines is 1. The molecule has 3 fully saturated rings. The van der Waals surface area contributed by atoms with Gasteiger partial charge in [-0.2, -0.15) is 0 Å². The fourth-order valence-corrected chi connectivity index (χ4v) is 4.53. The number of amides is 2. The lowest BCUT2D eigenvalue weighted by atomic mass is 10.0. The first kappa shape index (κ1) is 15.6. The second-order valence-electron chi connectivity index (χ2n) is 7.77. The molecule has 0 radical (unpaired) electrons. The minimum absolute atomic E-state index is 0.0393. The molecule has 4 rings (SSSR count). The summed E-state index contributed by atoms with van der Waals surface area (Å²) in [4.78, 5) is 31.0. The Hall–Kier alpha value is -1.91. The maximum Gasteiger partial charge on any atom is 0.228 e. The molecular formula is C19H25N3O2. The van der Waals surface area contributed by atoms with Crippen molar-refractivity contribution in [1.29, 1.82) is 0 Å². The summed E-state index contributed by atoms with van der Waals surface area (Å²) in [5.74, 6) is 1.02. The smallest absolute Gasteiger partial charge is 0.228 e. The van der Waals surface area contributed by atoms with Crippen molar-refractivity contribution in [2.24, 2.45) is 17.3 Å². The van der Waals surface area contributed by atoms with Crippen LogP contribution in [0.3, 0.4) is 0 Å². The van der Waals surface area contributed by atoms with Gasteiger partial charge in [0.15, 0.2) is 0 Å².